The van der Waals surface area contributed by atoms with Crippen molar-refractivity contribution >= 4 is 5.91 Å². The summed E-state index contributed by atoms with van der Waals surface area (Å²) in [6.07, 6.45) is 3.66. The van der Waals surface area contributed by atoms with Gasteiger partial charge in [0.1, 0.15) is 0 Å². The van der Waals surface area contributed by atoms with Crippen LogP contribution in [-0.2, 0) is 0 Å². The summed E-state index contributed by atoms with van der Waals surface area (Å²) in [5.41, 5.74) is 0. The summed E-state index contributed by atoms with van der Waals surface area (Å²) in [6.45, 7) is 1.74. The molecule has 0 aliphatic rings. The number of nitrogens with zero attached hydrogens (tertiary/aromatic N) is 2. The van der Waals surface area contributed by atoms with E-state index in [9.17, 15) is 4.79 Å². The van der Waals surface area contributed by atoms with Gasteiger partial charge in [0.15, 0.2) is 0 Å². The summed E-state index contributed by atoms with van der Waals surface area (Å²) in [6, 6.07) is 5.60. The average Bonchev–Trinajstić information content (AvgIpc) is 2.56. The highest BCUT2D eigenvalue weighted by atomic mass is 16.1. The van der Waals surface area contributed by atoms with Gasteiger partial charge in [0.2, 0.25) is 5.91 Å². The van der Waals surface area contributed by atoms with Gasteiger partial charge in [-0.05, 0) is 19.1 Å². The minimum absolute atomic E-state index is 0.0333. The first kappa shape index (κ1) is 8.54. The maximum Gasteiger partial charge on any atom is 0.231 e. The fourth-order valence-corrected chi connectivity index (χ4v) is 0.914. The summed E-state index contributed by atoms with van der Waals surface area (Å²) in [5, 5.41) is 8.47. The molecule has 3 heteroatoms. The summed E-state index contributed by atoms with van der Waals surface area (Å²) in [5.74, 6) is -0.242. The second-order valence-electron chi connectivity index (χ2n) is 2.72. The van der Waals surface area contributed by atoms with E-state index in [0.29, 0.717) is 0 Å². The number of hydrogen-bond acceptors (Lipinski definition) is 2. The van der Waals surface area contributed by atoms with E-state index >= 15 is 0 Å². The Kier molecular flexibility index (Phi) is 2.65. The molecule has 0 aliphatic heterocycles. The van der Waals surface area contributed by atoms with Crippen LogP contribution < -0.4 is 0 Å². The Bertz CT molecular complexity index is 295. The van der Waals surface area contributed by atoms with E-state index in [4.69, 9.17) is 5.26 Å². The predicted molar refractivity (Wildman–Crippen MR) is 44.5 cm³/mol. The first-order chi connectivity index (χ1) is 5.74. The quantitative estimate of drug-likeness (QED) is 0.664. The number of rotatable bonds is 2. The maximum absolute atomic E-state index is 11.3. The molecule has 0 N–H and O–H groups in total. The van der Waals surface area contributed by atoms with E-state index in [1.165, 1.54) is 4.57 Å². The zero-order chi connectivity index (χ0) is 8.97. The van der Waals surface area contributed by atoms with Gasteiger partial charge in [0, 0.05) is 18.8 Å². The Morgan fingerprint density at radius 3 is 2.67 bits per heavy atom. The van der Waals surface area contributed by atoms with Gasteiger partial charge in [-0.1, -0.05) is 0 Å². The molecule has 0 saturated carbocycles. The normalized spacial score (nSPS) is 12.0. The van der Waals surface area contributed by atoms with Crippen LogP contribution in [0.5, 0.6) is 0 Å². The third kappa shape index (κ3) is 1.96. The van der Waals surface area contributed by atoms with Gasteiger partial charge in [-0.15, -0.1) is 0 Å². The van der Waals surface area contributed by atoms with Crippen LogP contribution in [0.15, 0.2) is 24.5 Å². The van der Waals surface area contributed by atoms with Gasteiger partial charge in [0.25, 0.3) is 0 Å². The van der Waals surface area contributed by atoms with Crippen molar-refractivity contribution in [3.63, 3.8) is 0 Å². The molecular formula is C9H10N2O. The fraction of sp³-hybridized carbons (Fsp3) is 0.333. The summed E-state index contributed by atoms with van der Waals surface area (Å²) in [7, 11) is 0. The first-order valence-electron chi connectivity index (χ1n) is 3.80. The van der Waals surface area contributed by atoms with Crippen molar-refractivity contribution in [3.8, 4) is 6.07 Å². The second-order valence-corrected chi connectivity index (χ2v) is 2.72. The van der Waals surface area contributed by atoms with E-state index in [1.807, 2.05) is 6.07 Å². The monoisotopic (exact) mass is 162 g/mol. The first-order valence-corrected chi connectivity index (χ1v) is 3.80. The van der Waals surface area contributed by atoms with Crippen LogP contribution >= 0.6 is 0 Å². The molecule has 0 aromatic carbocycles. The lowest BCUT2D eigenvalue weighted by Crippen LogP contribution is -2.11. The summed E-state index contributed by atoms with van der Waals surface area (Å²) >= 11 is 0. The van der Waals surface area contributed by atoms with Gasteiger partial charge >= 0.3 is 0 Å². The molecule has 1 atom stereocenters. The zero-order valence-corrected chi connectivity index (χ0v) is 6.90. The van der Waals surface area contributed by atoms with Crippen molar-refractivity contribution in [2.75, 3.05) is 0 Å². The standard InChI is InChI=1S/C9H10N2O/c1-8(7-10)6-9(12)11-4-2-3-5-11/h2-5,8H,6H2,1H3. The number of carbonyl (C=O) groups excluding carboxylic acids is 1. The maximum atomic E-state index is 11.3. The predicted octanol–water partition coefficient (Wildman–Crippen LogP) is 1.68. The fourth-order valence-electron chi connectivity index (χ4n) is 0.914. The van der Waals surface area contributed by atoms with Crippen molar-refractivity contribution < 1.29 is 4.79 Å². The third-order valence-corrected chi connectivity index (χ3v) is 1.59. The molecule has 0 amide bonds. The second kappa shape index (κ2) is 3.72. The number of hydrogen-bond donors (Lipinski definition) is 0. The van der Waals surface area contributed by atoms with E-state index in [1.54, 1.807) is 31.5 Å². The van der Waals surface area contributed by atoms with Crippen molar-refractivity contribution in [1.29, 1.82) is 5.26 Å². The van der Waals surface area contributed by atoms with E-state index < -0.39 is 0 Å². The van der Waals surface area contributed by atoms with Crippen LogP contribution in [0, 0.1) is 17.2 Å². The lowest BCUT2D eigenvalue weighted by Gasteiger charge is -2.01. The van der Waals surface area contributed by atoms with Crippen LogP contribution in [0.4, 0.5) is 0 Å². The lowest BCUT2D eigenvalue weighted by molar-refractivity contribution is 0.0892. The van der Waals surface area contributed by atoms with E-state index in [0.717, 1.165) is 0 Å². The number of nitriles is 1. The molecule has 3 nitrogen and oxygen atoms in total. The molecule has 1 aromatic heterocycles. The molecule has 0 radical (unpaired) electrons. The smallest absolute Gasteiger partial charge is 0.231 e. The van der Waals surface area contributed by atoms with Gasteiger partial charge in [0.05, 0.1) is 12.0 Å². The van der Waals surface area contributed by atoms with Gasteiger partial charge in [-0.3, -0.25) is 9.36 Å². The molecule has 62 valence electrons. The van der Waals surface area contributed by atoms with Crippen LogP contribution in [0.3, 0.4) is 0 Å². The van der Waals surface area contributed by atoms with Gasteiger partial charge in [-0.2, -0.15) is 5.26 Å². The highest BCUT2D eigenvalue weighted by Gasteiger charge is 2.08. The van der Waals surface area contributed by atoms with E-state index in [-0.39, 0.29) is 18.2 Å². The molecule has 12 heavy (non-hydrogen) atoms. The highest BCUT2D eigenvalue weighted by Crippen LogP contribution is 2.02. The highest BCUT2D eigenvalue weighted by molar-refractivity contribution is 5.79. The van der Waals surface area contributed by atoms with Crippen molar-refractivity contribution in [3.05, 3.63) is 24.5 Å². The SMILES string of the molecule is CC(C#N)CC(=O)n1cccc1. The summed E-state index contributed by atoms with van der Waals surface area (Å²) < 4.78 is 1.49. The molecule has 1 rings (SSSR count). The van der Waals surface area contributed by atoms with Crippen LogP contribution in [0.2, 0.25) is 0 Å². The van der Waals surface area contributed by atoms with Crippen molar-refractivity contribution in [2.45, 2.75) is 13.3 Å². The molecule has 1 aromatic rings. The molecule has 0 fully saturated rings. The van der Waals surface area contributed by atoms with Crippen LogP contribution in [-0.4, -0.2) is 10.5 Å². The number of aromatic nitrogens is 1. The Balaban J connectivity index is 2.57. The Labute approximate surface area is 71.2 Å². The zero-order valence-electron chi connectivity index (χ0n) is 6.90. The van der Waals surface area contributed by atoms with E-state index in [2.05, 4.69) is 0 Å². The largest absolute Gasteiger partial charge is 0.295 e. The average molecular weight is 162 g/mol. The number of carbonyl (C=O) groups is 1. The minimum Gasteiger partial charge on any atom is -0.295 e. The van der Waals surface area contributed by atoms with Gasteiger partial charge in [-0.25, -0.2) is 0 Å². The van der Waals surface area contributed by atoms with Crippen LogP contribution in [0.1, 0.15) is 18.1 Å². The molecular weight excluding hydrogens is 152 g/mol. The third-order valence-electron chi connectivity index (χ3n) is 1.59. The minimum atomic E-state index is -0.208. The Morgan fingerprint density at radius 2 is 2.17 bits per heavy atom. The van der Waals surface area contributed by atoms with Gasteiger partial charge < -0.3 is 0 Å². The Morgan fingerprint density at radius 1 is 1.58 bits per heavy atom. The molecule has 0 spiro atoms. The summed E-state index contributed by atoms with van der Waals surface area (Å²) in [4.78, 5) is 11.3. The van der Waals surface area contributed by atoms with Crippen LogP contribution in [0.25, 0.3) is 0 Å². The molecule has 0 bridgehead atoms. The lowest BCUT2D eigenvalue weighted by atomic mass is 10.1. The molecule has 1 heterocycles. The molecule has 0 aliphatic carbocycles. The molecule has 1 unspecified atom stereocenters. The van der Waals surface area contributed by atoms with Crippen molar-refractivity contribution in [1.82, 2.24) is 4.57 Å². The topological polar surface area (TPSA) is 45.8 Å². The van der Waals surface area contributed by atoms with Crippen molar-refractivity contribution in [2.24, 2.45) is 5.92 Å². The molecule has 0 saturated heterocycles. The Hall–Kier alpha value is -1.56.